The Hall–Kier alpha value is -3.93. The highest BCUT2D eigenvalue weighted by Gasteiger charge is 2.42. The van der Waals surface area contributed by atoms with Crippen molar-refractivity contribution in [1.82, 2.24) is 4.90 Å². The van der Waals surface area contributed by atoms with Crippen LogP contribution in [0.4, 0.5) is 10.1 Å². The molecule has 0 bridgehead atoms. The van der Waals surface area contributed by atoms with Crippen LogP contribution < -0.4 is 9.64 Å². The molecule has 3 aromatic rings. The number of amides is 2. The average Bonchev–Trinajstić information content (AvgIpc) is 3.08. The van der Waals surface area contributed by atoms with Crippen LogP contribution in [0.2, 0.25) is 0 Å². The monoisotopic (exact) mass is 444 g/mol. The number of hydrogen-bond acceptors (Lipinski definition) is 4. The topological polar surface area (TPSA) is 49.9 Å². The van der Waals surface area contributed by atoms with Gasteiger partial charge >= 0.3 is 0 Å². The van der Waals surface area contributed by atoms with Crippen LogP contribution in [0.25, 0.3) is 5.57 Å². The first-order valence-electron chi connectivity index (χ1n) is 10.9. The fourth-order valence-electron chi connectivity index (χ4n) is 3.96. The van der Waals surface area contributed by atoms with Gasteiger partial charge in [0.2, 0.25) is 0 Å². The standard InChI is InChI=1S/C27H25FN2O3/c1-3-29(18-19-9-6-5-7-10-19)25-24(20-13-15-23(16-14-20)33-4-2)26(31)30(27(25)32)22-12-8-11-21(28)17-22/h5-17H,3-4,18H2,1-2H3. The fraction of sp³-hybridized carbons (Fsp3) is 0.185. The minimum Gasteiger partial charge on any atom is -0.494 e. The number of ether oxygens (including phenoxy) is 1. The Kier molecular flexibility index (Phi) is 6.54. The average molecular weight is 445 g/mol. The Balaban J connectivity index is 1.81. The molecule has 0 atom stereocenters. The highest BCUT2D eigenvalue weighted by atomic mass is 19.1. The molecule has 3 aromatic carbocycles. The first kappa shape index (κ1) is 22.3. The van der Waals surface area contributed by atoms with Crippen LogP contribution in [0.1, 0.15) is 25.0 Å². The van der Waals surface area contributed by atoms with E-state index >= 15 is 0 Å². The maximum atomic E-state index is 13.9. The van der Waals surface area contributed by atoms with E-state index in [0.29, 0.717) is 42.3 Å². The summed E-state index contributed by atoms with van der Waals surface area (Å²) in [5, 5.41) is 0. The third-order valence-corrected chi connectivity index (χ3v) is 5.49. The lowest BCUT2D eigenvalue weighted by Gasteiger charge is -2.25. The normalized spacial score (nSPS) is 13.6. The molecule has 0 unspecified atom stereocenters. The maximum Gasteiger partial charge on any atom is 0.282 e. The van der Waals surface area contributed by atoms with Gasteiger partial charge in [-0.25, -0.2) is 9.29 Å². The number of nitrogens with zero attached hydrogens (tertiary/aromatic N) is 2. The van der Waals surface area contributed by atoms with Crippen LogP contribution in [-0.2, 0) is 16.1 Å². The first-order valence-corrected chi connectivity index (χ1v) is 10.9. The molecule has 0 fully saturated rings. The van der Waals surface area contributed by atoms with Gasteiger partial charge in [-0.2, -0.15) is 0 Å². The smallest absolute Gasteiger partial charge is 0.282 e. The third kappa shape index (κ3) is 4.51. The number of anilines is 1. The lowest BCUT2D eigenvalue weighted by atomic mass is 10.0. The summed E-state index contributed by atoms with van der Waals surface area (Å²) in [7, 11) is 0. The number of rotatable bonds is 8. The van der Waals surface area contributed by atoms with Gasteiger partial charge in [-0.1, -0.05) is 48.5 Å². The largest absolute Gasteiger partial charge is 0.494 e. The Morgan fingerprint density at radius 1 is 0.879 bits per heavy atom. The maximum absolute atomic E-state index is 13.9. The summed E-state index contributed by atoms with van der Waals surface area (Å²) < 4.78 is 19.5. The van der Waals surface area contributed by atoms with E-state index in [2.05, 4.69) is 0 Å². The molecule has 0 radical (unpaired) electrons. The molecule has 0 aliphatic carbocycles. The fourth-order valence-corrected chi connectivity index (χ4v) is 3.96. The molecule has 0 N–H and O–H groups in total. The van der Waals surface area contributed by atoms with E-state index in [9.17, 15) is 14.0 Å². The Bertz CT molecular complexity index is 1190. The molecule has 4 rings (SSSR count). The van der Waals surface area contributed by atoms with E-state index in [-0.39, 0.29) is 5.69 Å². The summed E-state index contributed by atoms with van der Waals surface area (Å²) in [5.41, 5.74) is 2.43. The molecule has 1 aliphatic heterocycles. The van der Waals surface area contributed by atoms with Crippen molar-refractivity contribution in [2.45, 2.75) is 20.4 Å². The molecule has 33 heavy (non-hydrogen) atoms. The molecule has 168 valence electrons. The number of carbonyl (C=O) groups excluding carboxylic acids is 2. The molecule has 6 heteroatoms. The Labute approximate surface area is 192 Å². The summed E-state index contributed by atoms with van der Waals surface area (Å²) in [6.07, 6.45) is 0. The van der Waals surface area contributed by atoms with Crippen LogP contribution >= 0.6 is 0 Å². The molecular formula is C27H25FN2O3. The van der Waals surface area contributed by atoms with Crippen molar-refractivity contribution in [2.75, 3.05) is 18.1 Å². The van der Waals surface area contributed by atoms with E-state index in [1.807, 2.05) is 49.1 Å². The lowest BCUT2D eigenvalue weighted by molar-refractivity contribution is -0.120. The van der Waals surface area contributed by atoms with E-state index in [1.165, 1.54) is 18.2 Å². The minimum absolute atomic E-state index is 0.208. The van der Waals surface area contributed by atoms with E-state index in [4.69, 9.17) is 4.74 Å². The zero-order valence-electron chi connectivity index (χ0n) is 18.6. The van der Waals surface area contributed by atoms with Crippen molar-refractivity contribution in [3.8, 4) is 5.75 Å². The Morgan fingerprint density at radius 3 is 2.24 bits per heavy atom. The van der Waals surface area contributed by atoms with Gasteiger partial charge in [0.05, 0.1) is 17.9 Å². The predicted octanol–water partition coefficient (Wildman–Crippen LogP) is 5.03. The predicted molar refractivity (Wildman–Crippen MR) is 126 cm³/mol. The molecule has 0 aromatic heterocycles. The molecule has 5 nitrogen and oxygen atoms in total. The quantitative estimate of drug-likeness (QED) is 0.457. The molecule has 1 aliphatic rings. The second kappa shape index (κ2) is 9.69. The van der Waals surface area contributed by atoms with Crippen LogP contribution in [-0.4, -0.2) is 29.9 Å². The highest BCUT2D eigenvalue weighted by molar-refractivity contribution is 6.45. The van der Waals surface area contributed by atoms with Gasteiger partial charge in [0.25, 0.3) is 11.8 Å². The minimum atomic E-state index is -0.513. The van der Waals surface area contributed by atoms with Crippen molar-refractivity contribution >= 4 is 23.1 Å². The number of imide groups is 1. The number of halogens is 1. The van der Waals surface area contributed by atoms with Crippen molar-refractivity contribution in [3.05, 3.63) is 102 Å². The van der Waals surface area contributed by atoms with Crippen molar-refractivity contribution in [2.24, 2.45) is 0 Å². The van der Waals surface area contributed by atoms with E-state index < -0.39 is 17.6 Å². The number of hydrogen-bond donors (Lipinski definition) is 0. The van der Waals surface area contributed by atoms with Gasteiger partial charge < -0.3 is 9.64 Å². The molecule has 2 amide bonds. The zero-order valence-corrected chi connectivity index (χ0v) is 18.6. The first-order chi connectivity index (χ1) is 16.0. The van der Waals surface area contributed by atoms with Crippen LogP contribution in [0, 0.1) is 5.82 Å². The summed E-state index contributed by atoms with van der Waals surface area (Å²) in [5.74, 6) is -0.775. The van der Waals surface area contributed by atoms with Gasteiger partial charge in [0, 0.05) is 13.1 Å². The zero-order chi connectivity index (χ0) is 23.4. The Morgan fingerprint density at radius 2 is 1.61 bits per heavy atom. The van der Waals surface area contributed by atoms with Crippen molar-refractivity contribution in [1.29, 1.82) is 0 Å². The number of likely N-dealkylation sites (N-methyl/N-ethyl adjacent to an activating group) is 1. The summed E-state index contributed by atoms with van der Waals surface area (Å²) in [4.78, 5) is 30.2. The summed E-state index contributed by atoms with van der Waals surface area (Å²) in [6.45, 7) is 5.34. The molecule has 0 saturated carbocycles. The molecular weight excluding hydrogens is 419 g/mol. The van der Waals surface area contributed by atoms with Crippen LogP contribution in [0.5, 0.6) is 5.75 Å². The van der Waals surface area contributed by atoms with Crippen LogP contribution in [0.15, 0.2) is 84.6 Å². The van der Waals surface area contributed by atoms with Crippen molar-refractivity contribution in [3.63, 3.8) is 0 Å². The highest BCUT2D eigenvalue weighted by Crippen LogP contribution is 2.36. The third-order valence-electron chi connectivity index (χ3n) is 5.49. The number of benzene rings is 3. The van der Waals surface area contributed by atoms with Gasteiger partial charge in [-0.3, -0.25) is 9.59 Å². The molecule has 0 spiro atoms. The van der Waals surface area contributed by atoms with Gasteiger partial charge in [-0.15, -0.1) is 0 Å². The lowest BCUT2D eigenvalue weighted by Crippen LogP contribution is -2.35. The van der Waals surface area contributed by atoms with Gasteiger partial charge in [0.15, 0.2) is 0 Å². The summed E-state index contributed by atoms with van der Waals surface area (Å²) >= 11 is 0. The molecule has 1 heterocycles. The van der Waals surface area contributed by atoms with E-state index in [0.717, 1.165) is 10.5 Å². The van der Waals surface area contributed by atoms with E-state index in [1.54, 1.807) is 30.3 Å². The van der Waals surface area contributed by atoms with Gasteiger partial charge in [0.1, 0.15) is 17.3 Å². The molecule has 0 saturated heterocycles. The number of carbonyl (C=O) groups is 2. The van der Waals surface area contributed by atoms with Gasteiger partial charge in [-0.05, 0) is 55.3 Å². The SMILES string of the molecule is CCOc1ccc(C2=C(N(CC)Cc3ccccc3)C(=O)N(c3cccc(F)c3)C2=O)cc1. The van der Waals surface area contributed by atoms with Crippen molar-refractivity contribution < 1.29 is 18.7 Å². The second-order valence-corrected chi connectivity index (χ2v) is 7.61. The van der Waals surface area contributed by atoms with Crippen LogP contribution in [0.3, 0.4) is 0 Å². The second-order valence-electron chi connectivity index (χ2n) is 7.61. The summed E-state index contributed by atoms with van der Waals surface area (Å²) in [6, 6.07) is 22.4.